The number of nitrogens with two attached hydrogens (primary N) is 1. The number of carbonyl (C=O) groups is 1. The molecule has 1 unspecified atom stereocenters. The van der Waals surface area contributed by atoms with Gasteiger partial charge in [-0.3, -0.25) is 0 Å². The molecule has 1 heterocycles. The van der Waals surface area contributed by atoms with Gasteiger partial charge < -0.3 is 15.2 Å². The maximum absolute atomic E-state index is 13.8. The van der Waals surface area contributed by atoms with Gasteiger partial charge in [0.1, 0.15) is 23.1 Å². The predicted molar refractivity (Wildman–Crippen MR) is 111 cm³/mol. The van der Waals surface area contributed by atoms with E-state index in [2.05, 4.69) is 15.9 Å². The quantitative estimate of drug-likeness (QED) is 0.411. The van der Waals surface area contributed by atoms with Crippen LogP contribution in [0.15, 0.2) is 76.6 Å². The van der Waals surface area contributed by atoms with Gasteiger partial charge in [0.25, 0.3) is 0 Å². The number of esters is 1. The molecule has 0 aromatic heterocycles. The van der Waals surface area contributed by atoms with Gasteiger partial charge >= 0.3 is 5.97 Å². The number of ether oxygens (including phenoxy) is 2. The van der Waals surface area contributed by atoms with E-state index in [0.29, 0.717) is 16.7 Å². The summed E-state index contributed by atoms with van der Waals surface area (Å²) in [5, 5.41) is 9.55. The smallest absolute Gasteiger partial charge is 0.343 e. The molecule has 3 aromatic carbocycles. The van der Waals surface area contributed by atoms with Crippen LogP contribution in [0, 0.1) is 23.0 Å². The van der Waals surface area contributed by atoms with Crippen LogP contribution in [0.4, 0.5) is 8.78 Å². The summed E-state index contributed by atoms with van der Waals surface area (Å²) in [4.78, 5) is 12.4. The summed E-state index contributed by atoms with van der Waals surface area (Å²) >= 11 is 3.30. The molecule has 0 spiro atoms. The van der Waals surface area contributed by atoms with Crippen LogP contribution in [0.1, 0.15) is 27.4 Å². The van der Waals surface area contributed by atoms with Crippen LogP contribution < -0.4 is 15.2 Å². The molecule has 3 aromatic rings. The Balaban J connectivity index is 1.70. The number of hydrogen-bond donors (Lipinski definition) is 1. The summed E-state index contributed by atoms with van der Waals surface area (Å²) in [6.07, 6.45) is 0. The number of hydrogen-bond acceptors (Lipinski definition) is 5. The maximum atomic E-state index is 13.8. The van der Waals surface area contributed by atoms with Gasteiger partial charge in [-0.15, -0.1) is 0 Å². The second kappa shape index (κ2) is 8.20. The zero-order valence-electron chi connectivity index (χ0n) is 15.7. The summed E-state index contributed by atoms with van der Waals surface area (Å²) < 4.78 is 39.0. The van der Waals surface area contributed by atoms with E-state index < -0.39 is 23.5 Å². The van der Waals surface area contributed by atoms with E-state index in [-0.39, 0.29) is 23.0 Å². The number of carbonyl (C=O) groups excluding carboxylic acids is 1. The first-order chi connectivity index (χ1) is 14.9. The van der Waals surface area contributed by atoms with Crippen LogP contribution >= 0.6 is 15.9 Å². The Morgan fingerprint density at radius 2 is 1.81 bits per heavy atom. The van der Waals surface area contributed by atoms with Gasteiger partial charge in [0.15, 0.2) is 11.6 Å². The van der Waals surface area contributed by atoms with Crippen LogP contribution in [-0.4, -0.2) is 5.97 Å². The summed E-state index contributed by atoms with van der Waals surface area (Å²) in [5.41, 5.74) is 7.17. The molecular formula is C23H13BrF2N2O3. The fourth-order valence-electron chi connectivity index (χ4n) is 3.29. The topological polar surface area (TPSA) is 85.3 Å². The number of halogens is 3. The largest absolute Gasteiger partial charge is 0.440 e. The van der Waals surface area contributed by atoms with Crippen molar-refractivity contribution in [1.82, 2.24) is 0 Å². The van der Waals surface area contributed by atoms with Crippen molar-refractivity contribution in [1.29, 1.82) is 5.26 Å². The van der Waals surface area contributed by atoms with Gasteiger partial charge in [0.2, 0.25) is 5.88 Å². The summed E-state index contributed by atoms with van der Waals surface area (Å²) in [6.45, 7) is 0. The maximum Gasteiger partial charge on any atom is 0.343 e. The second-order valence-electron chi connectivity index (χ2n) is 6.69. The molecule has 0 aliphatic carbocycles. The number of nitrogens with zero attached hydrogens (tertiary/aromatic N) is 1. The highest BCUT2D eigenvalue weighted by Gasteiger charge is 2.31. The first kappa shape index (κ1) is 20.6. The molecule has 2 N–H and O–H groups in total. The molecule has 1 aliphatic heterocycles. The molecule has 31 heavy (non-hydrogen) atoms. The van der Waals surface area contributed by atoms with Crippen molar-refractivity contribution in [2.75, 3.05) is 0 Å². The Bertz CT molecular complexity index is 1270. The van der Waals surface area contributed by atoms with Gasteiger partial charge in [-0.2, -0.15) is 5.26 Å². The third-order valence-corrected chi connectivity index (χ3v) is 5.29. The summed E-state index contributed by atoms with van der Waals surface area (Å²) in [5.74, 6) is -3.10. The average molecular weight is 483 g/mol. The minimum Gasteiger partial charge on any atom is -0.440 e. The molecule has 0 amide bonds. The minimum atomic E-state index is -1.04. The Morgan fingerprint density at radius 1 is 1.06 bits per heavy atom. The molecule has 0 saturated heterocycles. The molecule has 154 valence electrons. The van der Waals surface area contributed by atoms with Crippen molar-refractivity contribution in [2.24, 2.45) is 5.73 Å². The van der Waals surface area contributed by atoms with Crippen molar-refractivity contribution in [3.05, 3.63) is 105 Å². The Hall–Kier alpha value is -3.70. The van der Waals surface area contributed by atoms with Crippen molar-refractivity contribution in [3.63, 3.8) is 0 Å². The molecule has 0 radical (unpaired) electrons. The SMILES string of the molecule is N#CC1=C(N)Oc2cc(OC(=O)c3ccc(Br)cc3)ccc2C1c1ccc(F)c(F)c1. The van der Waals surface area contributed by atoms with Gasteiger partial charge in [-0.25, -0.2) is 13.6 Å². The van der Waals surface area contributed by atoms with Gasteiger partial charge in [0, 0.05) is 16.1 Å². The third-order valence-electron chi connectivity index (χ3n) is 4.76. The zero-order valence-corrected chi connectivity index (χ0v) is 17.3. The predicted octanol–water partition coefficient (Wildman–Crippen LogP) is 5.16. The van der Waals surface area contributed by atoms with E-state index in [9.17, 15) is 18.8 Å². The first-order valence-corrected chi connectivity index (χ1v) is 9.81. The highest BCUT2D eigenvalue weighted by atomic mass is 79.9. The molecule has 4 rings (SSSR count). The number of benzene rings is 3. The van der Waals surface area contributed by atoms with Crippen LogP contribution in [-0.2, 0) is 0 Å². The molecule has 0 fully saturated rings. The molecule has 0 saturated carbocycles. The van der Waals surface area contributed by atoms with E-state index in [1.165, 1.54) is 18.2 Å². The van der Waals surface area contributed by atoms with Crippen molar-refractivity contribution < 1.29 is 23.0 Å². The molecule has 8 heteroatoms. The normalized spacial score (nSPS) is 15.0. The monoisotopic (exact) mass is 482 g/mol. The first-order valence-electron chi connectivity index (χ1n) is 9.01. The summed E-state index contributed by atoms with van der Waals surface area (Å²) in [6, 6.07) is 16.6. The highest BCUT2D eigenvalue weighted by Crippen LogP contribution is 2.43. The van der Waals surface area contributed by atoms with Gasteiger partial charge in [-0.05, 0) is 48.0 Å². The fourth-order valence-corrected chi connectivity index (χ4v) is 3.55. The lowest BCUT2D eigenvalue weighted by molar-refractivity contribution is 0.0734. The number of allylic oxidation sites excluding steroid dienone is 1. The zero-order chi connectivity index (χ0) is 22.1. The van der Waals surface area contributed by atoms with E-state index in [0.717, 1.165) is 16.6 Å². The molecule has 5 nitrogen and oxygen atoms in total. The van der Waals surface area contributed by atoms with Crippen LogP contribution in [0.2, 0.25) is 0 Å². The minimum absolute atomic E-state index is 0.0677. The van der Waals surface area contributed by atoms with Crippen LogP contribution in [0.5, 0.6) is 11.5 Å². The lowest BCUT2D eigenvalue weighted by Gasteiger charge is -2.26. The van der Waals surface area contributed by atoms with Gasteiger partial charge in [-0.1, -0.05) is 28.1 Å². The third kappa shape index (κ3) is 4.00. The lowest BCUT2D eigenvalue weighted by atomic mass is 9.83. The van der Waals surface area contributed by atoms with Crippen LogP contribution in [0.3, 0.4) is 0 Å². The molecular weight excluding hydrogens is 470 g/mol. The lowest BCUT2D eigenvalue weighted by Crippen LogP contribution is -2.21. The second-order valence-corrected chi connectivity index (χ2v) is 7.61. The Labute approximate surface area is 184 Å². The van der Waals surface area contributed by atoms with E-state index >= 15 is 0 Å². The van der Waals surface area contributed by atoms with E-state index in [1.54, 1.807) is 30.3 Å². The number of rotatable bonds is 3. The van der Waals surface area contributed by atoms with Crippen molar-refractivity contribution >= 4 is 21.9 Å². The Morgan fingerprint density at radius 3 is 2.48 bits per heavy atom. The van der Waals surface area contributed by atoms with Crippen molar-refractivity contribution in [2.45, 2.75) is 5.92 Å². The van der Waals surface area contributed by atoms with Gasteiger partial charge in [0.05, 0.1) is 11.5 Å². The van der Waals surface area contributed by atoms with E-state index in [1.807, 2.05) is 6.07 Å². The molecule has 1 atom stereocenters. The molecule has 1 aliphatic rings. The Kier molecular flexibility index (Phi) is 5.44. The van der Waals surface area contributed by atoms with E-state index in [4.69, 9.17) is 15.2 Å². The molecule has 0 bridgehead atoms. The van der Waals surface area contributed by atoms with Crippen molar-refractivity contribution in [3.8, 4) is 17.6 Å². The average Bonchev–Trinajstić information content (AvgIpc) is 2.75. The number of fused-ring (bicyclic) bond motifs is 1. The summed E-state index contributed by atoms with van der Waals surface area (Å²) in [7, 11) is 0. The standard InChI is InChI=1S/C23H13BrF2N2O3/c24-14-4-1-12(2-5-14)23(29)30-15-6-7-16-20(10-15)31-22(28)17(11-27)21(16)13-3-8-18(25)19(26)9-13/h1-10,21H,28H2. The highest BCUT2D eigenvalue weighted by molar-refractivity contribution is 9.10. The fraction of sp³-hybridized carbons (Fsp3) is 0.0435. The van der Waals surface area contributed by atoms with Crippen LogP contribution in [0.25, 0.3) is 0 Å². The number of nitriles is 1.